The molecule has 0 spiro atoms. The van der Waals surface area contributed by atoms with Crippen LogP contribution in [0.25, 0.3) is 0 Å². The molecule has 1 fully saturated rings. The van der Waals surface area contributed by atoms with Crippen molar-refractivity contribution >= 4 is 18.3 Å². The minimum atomic E-state index is -0.551. The van der Waals surface area contributed by atoms with E-state index in [0.717, 1.165) is 38.4 Å². The van der Waals surface area contributed by atoms with E-state index < -0.39 is 11.7 Å². The fourth-order valence-electron chi connectivity index (χ4n) is 3.18. The van der Waals surface area contributed by atoms with E-state index >= 15 is 0 Å². The number of nitrogens with one attached hydrogen (secondary N) is 1. The largest absolute Gasteiger partial charge is 0.466 e. The van der Waals surface area contributed by atoms with Gasteiger partial charge in [0.1, 0.15) is 11.9 Å². The van der Waals surface area contributed by atoms with Crippen molar-refractivity contribution in [3.63, 3.8) is 0 Å². The molecular weight excluding hydrogens is 310 g/mol. The zero-order chi connectivity index (χ0) is 18.2. The molecule has 0 radical (unpaired) electrons. The number of carbonyl (C=O) groups is 3. The first-order valence-corrected chi connectivity index (χ1v) is 8.77. The van der Waals surface area contributed by atoms with Gasteiger partial charge in [0.05, 0.1) is 6.61 Å². The van der Waals surface area contributed by atoms with Gasteiger partial charge in [-0.3, -0.25) is 4.79 Å². The van der Waals surface area contributed by atoms with Crippen LogP contribution in [0.15, 0.2) is 0 Å². The van der Waals surface area contributed by atoms with Crippen LogP contribution < -0.4 is 5.32 Å². The molecule has 1 amide bonds. The highest BCUT2D eigenvalue weighted by molar-refractivity contribution is 5.69. The monoisotopic (exact) mass is 341 g/mol. The number of hydrogen-bond acceptors (Lipinski definition) is 5. The Morgan fingerprint density at radius 1 is 1.21 bits per heavy atom. The summed E-state index contributed by atoms with van der Waals surface area (Å²) in [5.41, 5.74) is -0.551. The minimum Gasteiger partial charge on any atom is -0.466 e. The lowest BCUT2D eigenvalue weighted by atomic mass is 9.77. The van der Waals surface area contributed by atoms with E-state index in [0.29, 0.717) is 18.9 Å². The molecule has 0 aliphatic heterocycles. The Bertz CT molecular complexity index is 422. The molecule has 0 aromatic carbocycles. The third-order valence-electron chi connectivity index (χ3n) is 4.34. The third kappa shape index (κ3) is 8.31. The number of esters is 1. The first kappa shape index (κ1) is 20.5. The SMILES string of the molecule is CC(=O)OCCC1CCC(C(CC=O)NC(=O)OC(C)(C)C)CC1. The van der Waals surface area contributed by atoms with Gasteiger partial charge in [-0.25, -0.2) is 4.79 Å². The Labute approximate surface area is 144 Å². The molecular formula is C18H31NO5. The molecule has 1 N–H and O–H groups in total. The van der Waals surface area contributed by atoms with Gasteiger partial charge >= 0.3 is 12.1 Å². The van der Waals surface area contributed by atoms with E-state index in [2.05, 4.69) is 5.32 Å². The molecule has 1 aliphatic rings. The van der Waals surface area contributed by atoms with E-state index in [1.807, 2.05) is 20.8 Å². The first-order chi connectivity index (χ1) is 11.2. The second-order valence-corrected chi connectivity index (χ2v) is 7.56. The molecule has 138 valence electrons. The highest BCUT2D eigenvalue weighted by Gasteiger charge is 2.29. The predicted molar refractivity (Wildman–Crippen MR) is 90.5 cm³/mol. The molecule has 0 saturated heterocycles. The second kappa shape index (κ2) is 9.64. The van der Waals surface area contributed by atoms with E-state index in [-0.39, 0.29) is 17.9 Å². The average molecular weight is 341 g/mol. The molecule has 6 heteroatoms. The van der Waals surface area contributed by atoms with E-state index in [4.69, 9.17) is 9.47 Å². The number of hydrogen-bond donors (Lipinski definition) is 1. The van der Waals surface area contributed by atoms with Crippen molar-refractivity contribution in [3.8, 4) is 0 Å². The number of amides is 1. The summed E-state index contributed by atoms with van der Waals surface area (Å²) < 4.78 is 10.3. The van der Waals surface area contributed by atoms with Crippen molar-refractivity contribution in [2.45, 2.75) is 77.9 Å². The van der Waals surface area contributed by atoms with Crippen molar-refractivity contribution in [1.82, 2.24) is 5.32 Å². The van der Waals surface area contributed by atoms with E-state index in [1.165, 1.54) is 6.92 Å². The molecule has 1 saturated carbocycles. The lowest BCUT2D eigenvalue weighted by molar-refractivity contribution is -0.141. The fraction of sp³-hybridized carbons (Fsp3) is 0.833. The quantitative estimate of drug-likeness (QED) is 0.568. The molecule has 24 heavy (non-hydrogen) atoms. The van der Waals surface area contributed by atoms with Gasteiger partial charge in [-0.05, 0) is 64.7 Å². The van der Waals surface area contributed by atoms with Crippen molar-refractivity contribution in [1.29, 1.82) is 0 Å². The van der Waals surface area contributed by atoms with Crippen LogP contribution in [0.4, 0.5) is 4.79 Å². The van der Waals surface area contributed by atoms with Gasteiger partial charge in [-0.2, -0.15) is 0 Å². The van der Waals surface area contributed by atoms with Crippen LogP contribution in [0.2, 0.25) is 0 Å². The van der Waals surface area contributed by atoms with Crippen molar-refractivity contribution < 1.29 is 23.9 Å². The van der Waals surface area contributed by atoms with E-state index in [1.54, 1.807) is 0 Å². The maximum atomic E-state index is 12.0. The topological polar surface area (TPSA) is 81.7 Å². The molecule has 0 heterocycles. The van der Waals surface area contributed by atoms with Crippen LogP contribution in [0.3, 0.4) is 0 Å². The molecule has 1 rings (SSSR count). The summed E-state index contributed by atoms with van der Waals surface area (Å²) in [5, 5.41) is 2.86. The van der Waals surface area contributed by atoms with Crippen LogP contribution in [-0.2, 0) is 19.1 Å². The number of ether oxygens (including phenoxy) is 2. The highest BCUT2D eigenvalue weighted by atomic mass is 16.6. The maximum Gasteiger partial charge on any atom is 0.407 e. The lowest BCUT2D eigenvalue weighted by Crippen LogP contribution is -2.44. The Kier molecular flexibility index (Phi) is 8.22. The van der Waals surface area contributed by atoms with E-state index in [9.17, 15) is 14.4 Å². The molecule has 1 aliphatic carbocycles. The van der Waals surface area contributed by atoms with Crippen LogP contribution in [0, 0.1) is 11.8 Å². The Balaban J connectivity index is 2.43. The van der Waals surface area contributed by atoms with Gasteiger partial charge in [-0.1, -0.05) is 0 Å². The van der Waals surface area contributed by atoms with Crippen molar-refractivity contribution in [2.24, 2.45) is 11.8 Å². The van der Waals surface area contributed by atoms with Crippen molar-refractivity contribution in [3.05, 3.63) is 0 Å². The summed E-state index contributed by atoms with van der Waals surface area (Å²) in [6.45, 7) is 7.34. The van der Waals surface area contributed by atoms with Gasteiger partial charge in [0, 0.05) is 19.4 Å². The first-order valence-electron chi connectivity index (χ1n) is 8.77. The molecule has 6 nitrogen and oxygen atoms in total. The molecule has 0 aromatic rings. The van der Waals surface area contributed by atoms with Gasteiger partial charge < -0.3 is 19.6 Å². The zero-order valence-electron chi connectivity index (χ0n) is 15.3. The normalized spacial score (nSPS) is 22.3. The van der Waals surface area contributed by atoms with Gasteiger partial charge in [0.25, 0.3) is 0 Å². The second-order valence-electron chi connectivity index (χ2n) is 7.56. The summed E-state index contributed by atoms with van der Waals surface area (Å²) >= 11 is 0. The van der Waals surface area contributed by atoms with Crippen LogP contribution >= 0.6 is 0 Å². The minimum absolute atomic E-state index is 0.174. The number of rotatable bonds is 7. The predicted octanol–water partition coefficient (Wildman–Crippen LogP) is 3.23. The van der Waals surface area contributed by atoms with Gasteiger partial charge in [0.15, 0.2) is 0 Å². The molecule has 0 aromatic heterocycles. The Hall–Kier alpha value is -1.59. The smallest absolute Gasteiger partial charge is 0.407 e. The summed E-state index contributed by atoms with van der Waals surface area (Å²) in [5.74, 6) is 0.586. The average Bonchev–Trinajstić information content (AvgIpc) is 2.45. The lowest BCUT2D eigenvalue weighted by Gasteiger charge is -2.34. The molecule has 1 unspecified atom stereocenters. The van der Waals surface area contributed by atoms with Gasteiger partial charge in [-0.15, -0.1) is 0 Å². The zero-order valence-corrected chi connectivity index (χ0v) is 15.3. The Morgan fingerprint density at radius 3 is 2.33 bits per heavy atom. The molecule has 1 atom stereocenters. The molecule has 0 bridgehead atoms. The maximum absolute atomic E-state index is 12.0. The summed E-state index contributed by atoms with van der Waals surface area (Å²) in [6, 6.07) is -0.174. The summed E-state index contributed by atoms with van der Waals surface area (Å²) in [7, 11) is 0. The Morgan fingerprint density at radius 2 is 1.83 bits per heavy atom. The summed E-state index contributed by atoms with van der Waals surface area (Å²) in [4.78, 5) is 33.7. The van der Waals surface area contributed by atoms with Gasteiger partial charge in [0.2, 0.25) is 0 Å². The fourth-order valence-corrected chi connectivity index (χ4v) is 3.18. The summed E-state index contributed by atoms with van der Waals surface area (Å²) in [6.07, 6.45) is 5.54. The van der Waals surface area contributed by atoms with Crippen LogP contribution in [0.5, 0.6) is 0 Å². The number of alkyl carbamates (subject to hydrolysis) is 1. The number of carbonyl (C=O) groups excluding carboxylic acids is 3. The third-order valence-corrected chi connectivity index (χ3v) is 4.34. The van der Waals surface area contributed by atoms with Crippen LogP contribution in [0.1, 0.15) is 66.2 Å². The number of aldehydes is 1. The van der Waals surface area contributed by atoms with Crippen LogP contribution in [-0.4, -0.2) is 36.6 Å². The standard InChI is InChI=1S/C18H31NO5/c1-13(21)23-12-10-14-5-7-15(8-6-14)16(9-11-20)19-17(22)24-18(2,3)4/h11,14-16H,5-10,12H2,1-4H3,(H,19,22). The highest BCUT2D eigenvalue weighted by Crippen LogP contribution is 2.33. The van der Waals surface area contributed by atoms with Crippen molar-refractivity contribution in [2.75, 3.05) is 6.61 Å².